The minimum absolute atomic E-state index is 1.18. The topological polar surface area (TPSA) is 0 Å². The molecule has 0 aliphatic rings. The summed E-state index contributed by atoms with van der Waals surface area (Å²) < 4.78 is 0. The van der Waals surface area contributed by atoms with Crippen LogP contribution < -0.4 is 0 Å². The van der Waals surface area contributed by atoms with E-state index in [4.69, 9.17) is 0 Å². The van der Waals surface area contributed by atoms with E-state index in [2.05, 4.69) is 111 Å². The van der Waals surface area contributed by atoms with Crippen molar-refractivity contribution in [1.82, 2.24) is 0 Å². The number of fused-ring (bicyclic) bond motifs is 2. The highest BCUT2D eigenvalue weighted by atomic mass is 14.2. The molecule has 0 bridgehead atoms. The summed E-state index contributed by atoms with van der Waals surface area (Å²) in [5.41, 5.74) is 6.27. The first-order valence-corrected chi connectivity index (χ1v) is 9.71. The van der Waals surface area contributed by atoms with Crippen LogP contribution >= 0.6 is 0 Å². The molecular formula is C28H24. The van der Waals surface area contributed by atoms with Crippen LogP contribution in [0.1, 0.15) is 18.1 Å². The van der Waals surface area contributed by atoms with Gasteiger partial charge >= 0.3 is 0 Å². The van der Waals surface area contributed by atoms with Gasteiger partial charge in [-0.3, -0.25) is 0 Å². The zero-order valence-electron chi connectivity index (χ0n) is 16.4. The number of benzene rings is 4. The lowest BCUT2D eigenvalue weighted by Gasteiger charge is -2.18. The van der Waals surface area contributed by atoms with Crippen molar-refractivity contribution in [2.45, 2.75) is 13.8 Å². The van der Waals surface area contributed by atoms with Crippen LogP contribution in [0.15, 0.2) is 104 Å². The molecule has 0 saturated heterocycles. The first-order chi connectivity index (χ1) is 13.7. The quantitative estimate of drug-likeness (QED) is 0.255. The van der Waals surface area contributed by atoms with Crippen LogP contribution in [0.25, 0.3) is 38.2 Å². The summed E-state index contributed by atoms with van der Waals surface area (Å²) in [5, 5.41) is 5.11. The van der Waals surface area contributed by atoms with Crippen LogP contribution in [-0.4, -0.2) is 0 Å². The molecule has 0 aliphatic carbocycles. The maximum Gasteiger partial charge on any atom is -0.00264 e. The maximum absolute atomic E-state index is 3.94. The van der Waals surface area contributed by atoms with Crippen molar-refractivity contribution in [1.29, 1.82) is 0 Å². The van der Waals surface area contributed by atoms with E-state index < -0.39 is 0 Å². The molecule has 0 N–H and O–H groups in total. The summed E-state index contributed by atoms with van der Waals surface area (Å²) in [6.45, 7) is 8.16. The largest absolute Gasteiger partial charge is 0.0990 e. The number of hydrogen-bond donors (Lipinski definition) is 0. The normalized spacial score (nSPS) is 12.1. The molecule has 4 rings (SSSR count). The number of rotatable bonds is 4. The van der Waals surface area contributed by atoms with Gasteiger partial charge in [-0.15, -0.1) is 0 Å². The Morgan fingerprint density at radius 2 is 1.46 bits per heavy atom. The van der Waals surface area contributed by atoms with Crippen molar-refractivity contribution in [3.05, 3.63) is 115 Å². The fourth-order valence-corrected chi connectivity index (χ4v) is 4.05. The van der Waals surface area contributed by atoms with Gasteiger partial charge in [-0.25, -0.2) is 0 Å². The summed E-state index contributed by atoms with van der Waals surface area (Å²) in [5.74, 6) is 0. The van der Waals surface area contributed by atoms with Gasteiger partial charge < -0.3 is 0 Å². The van der Waals surface area contributed by atoms with Crippen molar-refractivity contribution in [2.75, 3.05) is 0 Å². The zero-order chi connectivity index (χ0) is 19.5. The molecule has 0 saturated carbocycles. The summed E-state index contributed by atoms with van der Waals surface area (Å²) in [6.07, 6.45) is 8.24. The molecule has 0 fully saturated rings. The molecule has 0 amide bonds. The van der Waals surface area contributed by atoms with E-state index in [1.54, 1.807) is 0 Å². The van der Waals surface area contributed by atoms with Gasteiger partial charge in [0, 0.05) is 0 Å². The molecule has 0 atom stereocenters. The molecule has 0 unspecified atom stereocenters. The summed E-state index contributed by atoms with van der Waals surface area (Å²) in [4.78, 5) is 0. The molecule has 0 spiro atoms. The molecule has 0 heteroatoms. The van der Waals surface area contributed by atoms with E-state index in [-0.39, 0.29) is 0 Å². The van der Waals surface area contributed by atoms with Gasteiger partial charge in [0.1, 0.15) is 0 Å². The van der Waals surface area contributed by atoms with Gasteiger partial charge in [0.2, 0.25) is 0 Å². The molecule has 0 heterocycles. The van der Waals surface area contributed by atoms with Crippen molar-refractivity contribution in [2.24, 2.45) is 0 Å². The Labute approximate surface area is 167 Å². The Balaban J connectivity index is 2.27. The third-order valence-electron chi connectivity index (χ3n) is 5.17. The summed E-state index contributed by atoms with van der Waals surface area (Å²) >= 11 is 0. The second-order valence-electron chi connectivity index (χ2n) is 7.07. The molecule has 0 radical (unpaired) electrons. The monoisotopic (exact) mass is 360 g/mol. The van der Waals surface area contributed by atoms with Gasteiger partial charge in [-0.1, -0.05) is 109 Å². The van der Waals surface area contributed by atoms with Gasteiger partial charge in [-0.05, 0) is 57.7 Å². The lowest BCUT2D eigenvalue weighted by molar-refractivity contribution is 1.50. The van der Waals surface area contributed by atoms with Gasteiger partial charge in [0.15, 0.2) is 0 Å². The standard InChI is InChI=1S/C28H24/c1-4-11-21(12-5-2)28-24-16-10-9-15-23(24)27(22-13-7-6-8-14-22)25-18-17-20(3)19-26(25)28/h4-19H,1H2,2-3H3/b12-5-,21-11+. The fraction of sp³-hybridized carbons (Fsp3) is 0.0714. The Kier molecular flexibility index (Phi) is 4.95. The Morgan fingerprint density at radius 3 is 2.18 bits per heavy atom. The molecular weight excluding hydrogens is 336 g/mol. The second kappa shape index (κ2) is 7.70. The van der Waals surface area contributed by atoms with Crippen LogP contribution in [-0.2, 0) is 0 Å². The van der Waals surface area contributed by atoms with Crippen molar-refractivity contribution >= 4 is 27.1 Å². The Hall–Kier alpha value is -3.38. The van der Waals surface area contributed by atoms with Crippen LogP contribution in [0.5, 0.6) is 0 Å². The van der Waals surface area contributed by atoms with E-state index in [0.29, 0.717) is 0 Å². The highest BCUT2D eigenvalue weighted by Crippen LogP contribution is 2.42. The molecule has 4 aromatic carbocycles. The molecule has 136 valence electrons. The smallest absolute Gasteiger partial charge is 0.00264 e. The maximum atomic E-state index is 3.94. The van der Waals surface area contributed by atoms with E-state index in [1.165, 1.54) is 49.4 Å². The molecule has 0 aliphatic heterocycles. The third-order valence-corrected chi connectivity index (χ3v) is 5.17. The number of allylic oxidation sites excluding steroid dienone is 5. The predicted octanol–water partition coefficient (Wildman–Crippen LogP) is 8.11. The van der Waals surface area contributed by atoms with Gasteiger partial charge in [0.05, 0.1) is 0 Å². The molecule has 28 heavy (non-hydrogen) atoms. The van der Waals surface area contributed by atoms with Crippen LogP contribution in [0.3, 0.4) is 0 Å². The third kappa shape index (κ3) is 3.08. The highest BCUT2D eigenvalue weighted by Gasteiger charge is 2.16. The minimum atomic E-state index is 1.18. The van der Waals surface area contributed by atoms with Crippen molar-refractivity contribution < 1.29 is 0 Å². The second-order valence-corrected chi connectivity index (χ2v) is 7.07. The first kappa shape index (κ1) is 18.0. The van der Waals surface area contributed by atoms with Crippen LogP contribution in [0.4, 0.5) is 0 Å². The van der Waals surface area contributed by atoms with E-state index in [0.717, 1.165) is 0 Å². The van der Waals surface area contributed by atoms with Gasteiger partial charge in [-0.2, -0.15) is 0 Å². The Morgan fingerprint density at radius 1 is 0.786 bits per heavy atom. The van der Waals surface area contributed by atoms with Crippen LogP contribution in [0.2, 0.25) is 0 Å². The van der Waals surface area contributed by atoms with E-state index in [9.17, 15) is 0 Å². The predicted molar refractivity (Wildman–Crippen MR) is 125 cm³/mol. The average molecular weight is 361 g/mol. The first-order valence-electron chi connectivity index (χ1n) is 9.71. The van der Waals surface area contributed by atoms with Crippen LogP contribution in [0, 0.1) is 6.92 Å². The van der Waals surface area contributed by atoms with E-state index in [1.807, 2.05) is 6.08 Å². The summed E-state index contributed by atoms with van der Waals surface area (Å²) in [6, 6.07) is 26.2. The highest BCUT2D eigenvalue weighted by molar-refractivity contribution is 6.19. The average Bonchev–Trinajstić information content (AvgIpc) is 2.72. The summed E-state index contributed by atoms with van der Waals surface area (Å²) in [7, 11) is 0. The number of aryl methyl sites for hydroxylation is 1. The lowest BCUT2D eigenvalue weighted by atomic mass is 9.85. The molecule has 4 aromatic rings. The SMILES string of the molecule is C=C/C=C(\C=C/C)c1c2ccccc2c(-c2ccccc2)c2ccc(C)cc12. The van der Waals surface area contributed by atoms with Crippen molar-refractivity contribution in [3.8, 4) is 11.1 Å². The molecule has 0 nitrogen and oxygen atoms in total. The minimum Gasteiger partial charge on any atom is -0.0990 e. The Bertz CT molecular complexity index is 1220. The lowest BCUT2D eigenvalue weighted by Crippen LogP contribution is -1.93. The van der Waals surface area contributed by atoms with Crippen molar-refractivity contribution in [3.63, 3.8) is 0 Å². The van der Waals surface area contributed by atoms with E-state index >= 15 is 0 Å². The zero-order valence-corrected chi connectivity index (χ0v) is 16.4. The van der Waals surface area contributed by atoms with Gasteiger partial charge in [0.25, 0.3) is 0 Å². The number of hydrogen-bond acceptors (Lipinski definition) is 0. The molecule has 0 aromatic heterocycles. The fourth-order valence-electron chi connectivity index (χ4n) is 4.05.